The number of anilines is 1. The summed E-state index contributed by atoms with van der Waals surface area (Å²) in [4.78, 5) is 33.5. The number of carbonyl (C=O) groups excluding carboxylic acids is 1. The van der Waals surface area contributed by atoms with Gasteiger partial charge in [-0.25, -0.2) is 0 Å². The SMILES string of the molecule is COC(=O)Cc1ccc(N(C)CC(=O)O)c([N+](=O)[O-])c1. The zero-order valence-corrected chi connectivity index (χ0v) is 11.0. The molecule has 1 aromatic carbocycles. The minimum atomic E-state index is -1.10. The number of carbonyl (C=O) groups is 2. The second kappa shape index (κ2) is 6.50. The molecule has 0 atom stereocenters. The molecule has 0 unspecified atom stereocenters. The van der Waals surface area contributed by atoms with E-state index in [1.165, 1.54) is 37.3 Å². The van der Waals surface area contributed by atoms with E-state index in [4.69, 9.17) is 5.11 Å². The zero-order chi connectivity index (χ0) is 15.3. The topological polar surface area (TPSA) is 110 Å². The molecule has 0 saturated carbocycles. The van der Waals surface area contributed by atoms with E-state index >= 15 is 0 Å². The van der Waals surface area contributed by atoms with Crippen molar-refractivity contribution in [1.29, 1.82) is 0 Å². The van der Waals surface area contributed by atoms with Crippen molar-refractivity contribution < 1.29 is 24.4 Å². The van der Waals surface area contributed by atoms with Crippen LogP contribution in [0.2, 0.25) is 0 Å². The molecule has 0 aliphatic heterocycles. The Morgan fingerprint density at radius 1 is 1.45 bits per heavy atom. The molecule has 108 valence electrons. The standard InChI is InChI=1S/C12H14N2O6/c1-13(7-11(15)16)9-4-3-8(6-12(17)20-2)5-10(9)14(18)19/h3-5H,6-7H2,1-2H3,(H,15,16). The van der Waals surface area contributed by atoms with Crippen molar-refractivity contribution >= 4 is 23.3 Å². The number of ether oxygens (including phenoxy) is 1. The molecule has 8 nitrogen and oxygen atoms in total. The summed E-state index contributed by atoms with van der Waals surface area (Å²) in [5.41, 5.74) is 0.345. The number of benzene rings is 1. The van der Waals surface area contributed by atoms with Crippen molar-refractivity contribution in [2.45, 2.75) is 6.42 Å². The molecule has 8 heteroatoms. The van der Waals surface area contributed by atoms with Crippen molar-refractivity contribution in [3.05, 3.63) is 33.9 Å². The number of rotatable bonds is 6. The second-order valence-electron chi connectivity index (χ2n) is 4.08. The molecule has 0 heterocycles. The first kappa shape index (κ1) is 15.4. The van der Waals surface area contributed by atoms with E-state index in [-0.39, 0.29) is 24.3 Å². The Labute approximate surface area is 114 Å². The Bertz CT molecular complexity index is 543. The first-order valence-corrected chi connectivity index (χ1v) is 5.62. The maximum absolute atomic E-state index is 11.1. The fraction of sp³-hybridized carbons (Fsp3) is 0.333. The summed E-state index contributed by atoms with van der Waals surface area (Å²) in [6.07, 6.45) is -0.0831. The van der Waals surface area contributed by atoms with Gasteiger partial charge in [-0.05, 0) is 11.6 Å². The van der Waals surface area contributed by atoms with Crippen LogP contribution >= 0.6 is 0 Å². The summed E-state index contributed by atoms with van der Waals surface area (Å²) in [6.45, 7) is -0.364. The molecule has 1 N–H and O–H groups in total. The smallest absolute Gasteiger partial charge is 0.323 e. The molecule has 0 amide bonds. The summed E-state index contributed by atoms with van der Waals surface area (Å²) in [7, 11) is 2.67. The lowest BCUT2D eigenvalue weighted by molar-refractivity contribution is -0.384. The van der Waals surface area contributed by atoms with Gasteiger partial charge in [-0.3, -0.25) is 19.7 Å². The Morgan fingerprint density at radius 3 is 2.60 bits per heavy atom. The Hall–Kier alpha value is -2.64. The molecule has 1 rings (SSSR count). The normalized spacial score (nSPS) is 9.90. The molecular formula is C12H14N2O6. The Morgan fingerprint density at radius 2 is 2.10 bits per heavy atom. The highest BCUT2D eigenvalue weighted by molar-refractivity contribution is 5.77. The minimum absolute atomic E-state index is 0.0831. The molecule has 0 radical (unpaired) electrons. The van der Waals surface area contributed by atoms with Crippen LogP contribution in [0.1, 0.15) is 5.56 Å². The number of methoxy groups -OCH3 is 1. The minimum Gasteiger partial charge on any atom is -0.480 e. The van der Waals surface area contributed by atoms with E-state index in [0.717, 1.165) is 0 Å². The molecule has 0 saturated heterocycles. The summed E-state index contributed by atoms with van der Waals surface area (Å²) < 4.78 is 4.49. The molecule has 0 spiro atoms. The van der Waals surface area contributed by atoms with Crippen LogP contribution in [0.25, 0.3) is 0 Å². The third kappa shape index (κ3) is 3.94. The number of nitrogens with zero attached hydrogens (tertiary/aromatic N) is 2. The highest BCUT2D eigenvalue weighted by atomic mass is 16.6. The average molecular weight is 282 g/mol. The summed E-state index contributed by atoms with van der Waals surface area (Å²) in [5, 5.41) is 19.7. The predicted molar refractivity (Wildman–Crippen MR) is 69.7 cm³/mol. The Balaban J connectivity index is 3.10. The molecule has 0 aliphatic carbocycles. The van der Waals surface area contributed by atoms with Gasteiger partial charge in [0.2, 0.25) is 0 Å². The zero-order valence-electron chi connectivity index (χ0n) is 11.0. The van der Waals surface area contributed by atoms with Crippen LogP contribution in [0.5, 0.6) is 0 Å². The van der Waals surface area contributed by atoms with E-state index in [1.54, 1.807) is 0 Å². The van der Waals surface area contributed by atoms with E-state index in [0.29, 0.717) is 5.56 Å². The van der Waals surface area contributed by atoms with E-state index in [9.17, 15) is 19.7 Å². The number of esters is 1. The van der Waals surface area contributed by atoms with Gasteiger partial charge in [-0.15, -0.1) is 0 Å². The van der Waals surface area contributed by atoms with Gasteiger partial charge in [0.05, 0.1) is 18.5 Å². The average Bonchev–Trinajstić information content (AvgIpc) is 2.37. The first-order chi connectivity index (χ1) is 9.35. The van der Waals surface area contributed by atoms with Crippen molar-refractivity contribution in [3.63, 3.8) is 0 Å². The number of nitro benzene ring substituents is 1. The largest absolute Gasteiger partial charge is 0.480 e. The van der Waals surface area contributed by atoms with Gasteiger partial charge < -0.3 is 14.7 Å². The summed E-state index contributed by atoms with van der Waals surface area (Å²) in [5.74, 6) is -1.61. The van der Waals surface area contributed by atoms with Crippen LogP contribution in [-0.4, -0.2) is 42.7 Å². The fourth-order valence-electron chi connectivity index (χ4n) is 1.67. The van der Waals surface area contributed by atoms with Gasteiger partial charge in [0.25, 0.3) is 5.69 Å². The number of likely N-dealkylation sites (N-methyl/N-ethyl adjacent to an activating group) is 1. The van der Waals surface area contributed by atoms with Crippen LogP contribution < -0.4 is 4.90 Å². The molecule has 0 bridgehead atoms. The number of hydrogen-bond acceptors (Lipinski definition) is 6. The molecule has 0 fully saturated rings. The van der Waals surface area contributed by atoms with Gasteiger partial charge >= 0.3 is 11.9 Å². The fourth-order valence-corrected chi connectivity index (χ4v) is 1.67. The highest BCUT2D eigenvalue weighted by Gasteiger charge is 2.20. The first-order valence-electron chi connectivity index (χ1n) is 5.62. The van der Waals surface area contributed by atoms with Crippen LogP contribution in [0.15, 0.2) is 18.2 Å². The van der Waals surface area contributed by atoms with Crippen LogP contribution in [0, 0.1) is 10.1 Å². The highest BCUT2D eigenvalue weighted by Crippen LogP contribution is 2.28. The molecule has 1 aromatic rings. The van der Waals surface area contributed by atoms with Crippen LogP contribution in [0.4, 0.5) is 11.4 Å². The molecule has 0 aliphatic rings. The van der Waals surface area contributed by atoms with Crippen LogP contribution in [0.3, 0.4) is 0 Å². The van der Waals surface area contributed by atoms with Gasteiger partial charge in [-0.1, -0.05) is 6.07 Å². The predicted octanol–water partition coefficient (Wildman–Crippen LogP) is 0.831. The van der Waals surface area contributed by atoms with Gasteiger partial charge in [0.1, 0.15) is 12.2 Å². The lowest BCUT2D eigenvalue weighted by Crippen LogP contribution is -2.25. The monoisotopic (exact) mass is 282 g/mol. The van der Waals surface area contributed by atoms with Crippen molar-refractivity contribution in [2.24, 2.45) is 0 Å². The van der Waals surface area contributed by atoms with E-state index in [1.807, 2.05) is 0 Å². The van der Waals surface area contributed by atoms with Crippen LogP contribution in [-0.2, 0) is 20.7 Å². The maximum Gasteiger partial charge on any atom is 0.323 e. The van der Waals surface area contributed by atoms with E-state index < -0.39 is 16.9 Å². The maximum atomic E-state index is 11.1. The molecule has 0 aromatic heterocycles. The van der Waals surface area contributed by atoms with Crippen molar-refractivity contribution in [1.82, 2.24) is 0 Å². The molecular weight excluding hydrogens is 268 g/mol. The molecule has 20 heavy (non-hydrogen) atoms. The van der Waals surface area contributed by atoms with Gasteiger partial charge in [0.15, 0.2) is 0 Å². The number of nitro groups is 1. The quantitative estimate of drug-likeness (QED) is 0.467. The number of aliphatic carboxylic acids is 1. The van der Waals surface area contributed by atoms with Gasteiger partial charge in [0, 0.05) is 13.1 Å². The van der Waals surface area contributed by atoms with E-state index in [2.05, 4.69) is 4.74 Å². The number of carboxylic acid groups (broad SMARTS) is 1. The number of hydrogen-bond donors (Lipinski definition) is 1. The summed E-state index contributed by atoms with van der Waals surface area (Å²) >= 11 is 0. The summed E-state index contributed by atoms with van der Waals surface area (Å²) in [6, 6.07) is 4.18. The lowest BCUT2D eigenvalue weighted by Gasteiger charge is -2.17. The third-order valence-electron chi connectivity index (χ3n) is 2.60. The number of carboxylic acids is 1. The lowest BCUT2D eigenvalue weighted by atomic mass is 10.1. The van der Waals surface area contributed by atoms with Gasteiger partial charge in [-0.2, -0.15) is 0 Å². The van der Waals surface area contributed by atoms with Crippen molar-refractivity contribution in [2.75, 3.05) is 25.6 Å². The second-order valence-corrected chi connectivity index (χ2v) is 4.08. The van der Waals surface area contributed by atoms with Crippen molar-refractivity contribution in [3.8, 4) is 0 Å². The third-order valence-corrected chi connectivity index (χ3v) is 2.60. The Kier molecular flexibility index (Phi) is 5.01.